The lowest BCUT2D eigenvalue weighted by molar-refractivity contribution is 0.0539. The van der Waals surface area contributed by atoms with Crippen molar-refractivity contribution in [3.05, 3.63) is 41.0 Å². The van der Waals surface area contributed by atoms with E-state index in [1.54, 1.807) is 6.34 Å². The average molecular weight is 288 g/mol. The molecule has 0 fully saturated rings. The van der Waals surface area contributed by atoms with Gasteiger partial charge in [-0.2, -0.15) is 0 Å². The molecule has 114 valence electrons. The summed E-state index contributed by atoms with van der Waals surface area (Å²) in [7, 11) is 1.97. The largest absolute Gasteiger partial charge is 0.458 e. The van der Waals surface area contributed by atoms with Gasteiger partial charge in [-0.1, -0.05) is 6.58 Å². The second-order valence-electron chi connectivity index (χ2n) is 5.30. The Balaban J connectivity index is 2.96. The fourth-order valence-corrected chi connectivity index (χ4v) is 1.67. The normalized spacial score (nSPS) is 10.7. The first-order chi connectivity index (χ1) is 9.85. The monoisotopic (exact) mass is 288 g/mol. The fourth-order valence-electron chi connectivity index (χ4n) is 1.67. The molecule has 0 bridgehead atoms. The zero-order valence-electron chi connectivity index (χ0n) is 13.6. The van der Waals surface area contributed by atoms with Crippen LogP contribution in [0.4, 0.5) is 5.69 Å². The number of ether oxygens (including phenoxy) is 1. The number of hydrogen-bond acceptors (Lipinski definition) is 3. The van der Waals surface area contributed by atoms with Crippen molar-refractivity contribution in [2.75, 3.05) is 20.2 Å². The molecule has 4 heteroatoms. The highest BCUT2D eigenvalue weighted by molar-refractivity contribution is 5.92. The van der Waals surface area contributed by atoms with Gasteiger partial charge >= 0.3 is 5.97 Å². The van der Waals surface area contributed by atoms with E-state index in [1.807, 2.05) is 44.9 Å². The van der Waals surface area contributed by atoms with Crippen LogP contribution in [-0.4, -0.2) is 37.4 Å². The number of benzene rings is 1. The third-order valence-electron chi connectivity index (χ3n) is 3.11. The maximum atomic E-state index is 12.0. The Kier molecular flexibility index (Phi) is 6.15. The number of esters is 1. The van der Waals surface area contributed by atoms with Crippen molar-refractivity contribution in [3.63, 3.8) is 0 Å². The lowest BCUT2D eigenvalue weighted by atomic mass is 10.0. The summed E-state index contributed by atoms with van der Waals surface area (Å²) in [6.07, 6.45) is 1.79. The van der Waals surface area contributed by atoms with Gasteiger partial charge in [0.1, 0.15) is 6.61 Å². The molecule has 0 aliphatic rings. The van der Waals surface area contributed by atoms with Crippen LogP contribution in [0.25, 0.3) is 0 Å². The Labute approximate surface area is 127 Å². The van der Waals surface area contributed by atoms with Crippen LogP contribution < -0.4 is 0 Å². The van der Waals surface area contributed by atoms with Crippen LogP contribution in [0, 0.1) is 13.8 Å². The molecule has 1 aromatic rings. The Morgan fingerprint density at radius 2 is 2.05 bits per heavy atom. The second-order valence-corrected chi connectivity index (χ2v) is 5.30. The molecule has 0 aliphatic carbocycles. The SMILES string of the molecule is C=C(C)COC(=O)c1cc(C)c(/N=C/N(C)CC)cc1C. The van der Waals surface area contributed by atoms with Crippen LogP contribution in [0.2, 0.25) is 0 Å². The molecule has 0 aliphatic heterocycles. The third kappa shape index (κ3) is 5.06. The molecule has 0 saturated carbocycles. The van der Waals surface area contributed by atoms with Gasteiger partial charge in [0.2, 0.25) is 0 Å². The van der Waals surface area contributed by atoms with Crippen LogP contribution in [0.3, 0.4) is 0 Å². The van der Waals surface area contributed by atoms with Crippen LogP contribution in [0.1, 0.15) is 35.3 Å². The zero-order chi connectivity index (χ0) is 16.0. The lowest BCUT2D eigenvalue weighted by Crippen LogP contribution is -2.14. The Bertz CT molecular complexity index is 562. The number of hydrogen-bond donors (Lipinski definition) is 0. The molecule has 0 saturated heterocycles. The van der Waals surface area contributed by atoms with E-state index < -0.39 is 0 Å². The van der Waals surface area contributed by atoms with Crippen molar-refractivity contribution in [1.82, 2.24) is 4.90 Å². The number of carbonyl (C=O) groups excluding carboxylic acids is 1. The second kappa shape index (κ2) is 7.62. The van der Waals surface area contributed by atoms with Crippen LogP contribution >= 0.6 is 0 Å². The number of aryl methyl sites for hydroxylation is 2. The van der Waals surface area contributed by atoms with Crippen LogP contribution in [-0.2, 0) is 4.74 Å². The summed E-state index contributed by atoms with van der Waals surface area (Å²) >= 11 is 0. The first kappa shape index (κ1) is 17.0. The summed E-state index contributed by atoms with van der Waals surface area (Å²) in [6.45, 7) is 12.6. The van der Waals surface area contributed by atoms with E-state index in [0.29, 0.717) is 5.56 Å². The minimum absolute atomic E-state index is 0.249. The molecule has 0 spiro atoms. The summed E-state index contributed by atoms with van der Waals surface area (Å²) in [4.78, 5) is 18.5. The first-order valence-electron chi connectivity index (χ1n) is 7.02. The van der Waals surface area contributed by atoms with E-state index in [9.17, 15) is 4.79 Å². The van der Waals surface area contributed by atoms with Gasteiger partial charge in [-0.3, -0.25) is 0 Å². The molecule has 1 aromatic carbocycles. The highest BCUT2D eigenvalue weighted by Gasteiger charge is 2.13. The van der Waals surface area contributed by atoms with Crippen LogP contribution in [0.5, 0.6) is 0 Å². The van der Waals surface area contributed by atoms with E-state index in [0.717, 1.165) is 28.9 Å². The predicted molar refractivity (Wildman–Crippen MR) is 87.5 cm³/mol. The summed E-state index contributed by atoms with van der Waals surface area (Å²) in [5.74, 6) is -0.320. The molecule has 1 rings (SSSR count). The molecule has 0 radical (unpaired) electrons. The van der Waals surface area contributed by atoms with Crippen LogP contribution in [0.15, 0.2) is 29.3 Å². The highest BCUT2D eigenvalue weighted by atomic mass is 16.5. The van der Waals surface area contributed by atoms with Crippen molar-refractivity contribution in [3.8, 4) is 0 Å². The summed E-state index contributed by atoms with van der Waals surface area (Å²) in [5.41, 5.74) is 4.07. The van der Waals surface area contributed by atoms with E-state index in [4.69, 9.17) is 4.74 Å². The zero-order valence-corrected chi connectivity index (χ0v) is 13.6. The molecular weight excluding hydrogens is 264 g/mol. The maximum Gasteiger partial charge on any atom is 0.338 e. The van der Waals surface area contributed by atoms with Gasteiger partial charge in [-0.25, -0.2) is 9.79 Å². The molecule has 0 atom stereocenters. The van der Waals surface area contributed by atoms with Crippen molar-refractivity contribution in [2.24, 2.45) is 4.99 Å². The maximum absolute atomic E-state index is 12.0. The van der Waals surface area contributed by atoms with E-state index in [1.165, 1.54) is 0 Å². The molecule has 0 amide bonds. The molecular formula is C17H24N2O2. The van der Waals surface area contributed by atoms with Gasteiger partial charge in [0.15, 0.2) is 0 Å². The molecule has 0 heterocycles. The quantitative estimate of drug-likeness (QED) is 0.347. The highest BCUT2D eigenvalue weighted by Crippen LogP contribution is 2.23. The Hall–Kier alpha value is -2.10. The minimum Gasteiger partial charge on any atom is -0.458 e. The topological polar surface area (TPSA) is 41.9 Å². The smallest absolute Gasteiger partial charge is 0.338 e. The number of rotatable bonds is 6. The molecule has 0 unspecified atom stereocenters. The van der Waals surface area contributed by atoms with Crippen molar-refractivity contribution >= 4 is 18.0 Å². The lowest BCUT2D eigenvalue weighted by Gasteiger charge is -2.11. The molecule has 21 heavy (non-hydrogen) atoms. The Morgan fingerprint density at radius 1 is 1.38 bits per heavy atom. The van der Waals surface area contributed by atoms with Gasteiger partial charge in [0.05, 0.1) is 17.6 Å². The van der Waals surface area contributed by atoms with Crippen molar-refractivity contribution < 1.29 is 9.53 Å². The van der Waals surface area contributed by atoms with E-state index in [2.05, 4.69) is 18.5 Å². The number of carbonyl (C=O) groups is 1. The van der Waals surface area contributed by atoms with E-state index in [-0.39, 0.29) is 12.6 Å². The molecule has 4 nitrogen and oxygen atoms in total. The molecule has 0 N–H and O–H groups in total. The van der Waals surface area contributed by atoms with Crippen molar-refractivity contribution in [2.45, 2.75) is 27.7 Å². The van der Waals surface area contributed by atoms with Gasteiger partial charge in [-0.05, 0) is 56.5 Å². The summed E-state index contributed by atoms with van der Waals surface area (Å²) < 4.78 is 5.20. The van der Waals surface area contributed by atoms with Gasteiger partial charge < -0.3 is 9.64 Å². The predicted octanol–water partition coefficient (Wildman–Crippen LogP) is 3.65. The summed E-state index contributed by atoms with van der Waals surface area (Å²) in [5, 5.41) is 0. The average Bonchev–Trinajstić information content (AvgIpc) is 2.44. The van der Waals surface area contributed by atoms with Gasteiger partial charge in [-0.15, -0.1) is 0 Å². The van der Waals surface area contributed by atoms with Crippen molar-refractivity contribution in [1.29, 1.82) is 0 Å². The van der Waals surface area contributed by atoms with Gasteiger partial charge in [0.25, 0.3) is 0 Å². The minimum atomic E-state index is -0.320. The number of nitrogens with zero attached hydrogens (tertiary/aromatic N) is 2. The first-order valence-corrected chi connectivity index (χ1v) is 7.02. The van der Waals surface area contributed by atoms with E-state index >= 15 is 0 Å². The Morgan fingerprint density at radius 3 is 2.62 bits per heavy atom. The van der Waals surface area contributed by atoms with Gasteiger partial charge in [0, 0.05) is 13.6 Å². The summed E-state index contributed by atoms with van der Waals surface area (Å²) in [6, 6.07) is 3.74. The molecule has 0 aromatic heterocycles. The number of aliphatic imine (C=N–C) groups is 1. The standard InChI is InChI=1S/C17H24N2O2/c1-7-19(6)11-18-16-9-13(4)15(8-14(16)5)17(20)21-10-12(2)3/h8-9,11H,2,7,10H2,1,3-6H3/b18-11+. The third-order valence-corrected chi connectivity index (χ3v) is 3.11. The fraction of sp³-hybridized carbons (Fsp3) is 0.412.